The third-order valence-corrected chi connectivity index (χ3v) is 3.76. The number of rotatable bonds is 1. The van der Waals surface area contributed by atoms with Gasteiger partial charge in [-0.1, -0.05) is 32.4 Å². The standard InChI is InChI=1S/C17H21N3/c1-12-6-7-14-13(10-12)11-16(19(14)5)20-9-8-15(18-20)17(2,3)4/h6-11H,1-5H3. The Kier molecular flexibility index (Phi) is 2.75. The maximum atomic E-state index is 4.73. The fraction of sp³-hybridized carbons (Fsp3) is 0.353. The number of aromatic nitrogens is 3. The smallest absolute Gasteiger partial charge is 0.134 e. The molecule has 20 heavy (non-hydrogen) atoms. The van der Waals surface area contributed by atoms with E-state index in [9.17, 15) is 0 Å². The van der Waals surface area contributed by atoms with E-state index in [1.165, 1.54) is 16.5 Å². The Morgan fingerprint density at radius 3 is 2.45 bits per heavy atom. The molecule has 0 unspecified atom stereocenters. The summed E-state index contributed by atoms with van der Waals surface area (Å²) in [5.74, 6) is 1.10. The zero-order chi connectivity index (χ0) is 14.5. The highest BCUT2D eigenvalue weighted by molar-refractivity contribution is 5.83. The van der Waals surface area contributed by atoms with Gasteiger partial charge in [0.25, 0.3) is 0 Å². The summed E-state index contributed by atoms with van der Waals surface area (Å²) < 4.78 is 4.16. The van der Waals surface area contributed by atoms with Crippen LogP contribution in [-0.4, -0.2) is 14.3 Å². The molecule has 2 aromatic heterocycles. The molecule has 0 fully saturated rings. The van der Waals surface area contributed by atoms with Crippen molar-refractivity contribution < 1.29 is 0 Å². The Labute approximate surface area is 119 Å². The summed E-state index contributed by atoms with van der Waals surface area (Å²) in [6.45, 7) is 8.68. The maximum Gasteiger partial charge on any atom is 0.134 e. The van der Waals surface area contributed by atoms with Gasteiger partial charge in [0.15, 0.2) is 0 Å². The van der Waals surface area contributed by atoms with Crippen LogP contribution in [-0.2, 0) is 12.5 Å². The maximum absolute atomic E-state index is 4.73. The van der Waals surface area contributed by atoms with E-state index in [2.05, 4.69) is 69.6 Å². The summed E-state index contributed by atoms with van der Waals surface area (Å²) in [6.07, 6.45) is 2.04. The van der Waals surface area contributed by atoms with Crippen molar-refractivity contribution in [3.05, 3.63) is 47.8 Å². The normalized spacial score (nSPS) is 12.2. The third-order valence-electron chi connectivity index (χ3n) is 3.76. The molecule has 0 atom stereocenters. The van der Waals surface area contributed by atoms with Crippen molar-refractivity contribution in [3.63, 3.8) is 0 Å². The van der Waals surface area contributed by atoms with Gasteiger partial charge in [0, 0.05) is 29.6 Å². The molecule has 0 aliphatic rings. The van der Waals surface area contributed by atoms with Gasteiger partial charge >= 0.3 is 0 Å². The zero-order valence-electron chi connectivity index (χ0n) is 12.8. The number of fused-ring (bicyclic) bond motifs is 1. The molecular weight excluding hydrogens is 246 g/mol. The largest absolute Gasteiger partial charge is 0.329 e. The highest BCUT2D eigenvalue weighted by Crippen LogP contribution is 2.24. The molecule has 0 aliphatic heterocycles. The number of nitrogens with zero attached hydrogens (tertiary/aromatic N) is 3. The van der Waals surface area contributed by atoms with Gasteiger partial charge < -0.3 is 4.57 Å². The topological polar surface area (TPSA) is 22.8 Å². The summed E-state index contributed by atoms with van der Waals surface area (Å²) in [4.78, 5) is 0. The first kappa shape index (κ1) is 13.0. The highest BCUT2D eigenvalue weighted by Gasteiger charge is 2.18. The second kappa shape index (κ2) is 4.23. The lowest BCUT2D eigenvalue weighted by atomic mass is 9.93. The highest BCUT2D eigenvalue weighted by atomic mass is 15.3. The first-order valence-corrected chi connectivity index (χ1v) is 6.99. The molecule has 0 radical (unpaired) electrons. The molecule has 0 saturated heterocycles. The van der Waals surface area contributed by atoms with Crippen LogP contribution in [0.5, 0.6) is 0 Å². The lowest BCUT2D eigenvalue weighted by Gasteiger charge is -2.14. The third kappa shape index (κ3) is 2.03. The van der Waals surface area contributed by atoms with Crippen molar-refractivity contribution in [2.24, 2.45) is 7.05 Å². The average Bonchev–Trinajstić information content (AvgIpc) is 2.93. The summed E-state index contributed by atoms with van der Waals surface area (Å²) in [7, 11) is 2.09. The van der Waals surface area contributed by atoms with E-state index < -0.39 is 0 Å². The average molecular weight is 267 g/mol. The number of hydrogen-bond donors (Lipinski definition) is 0. The molecule has 0 saturated carbocycles. The molecule has 0 bridgehead atoms. The Hall–Kier alpha value is -2.03. The zero-order valence-corrected chi connectivity index (χ0v) is 12.8. The Bertz CT molecular complexity index is 769. The minimum Gasteiger partial charge on any atom is -0.329 e. The Morgan fingerprint density at radius 2 is 1.80 bits per heavy atom. The van der Waals surface area contributed by atoms with Crippen molar-refractivity contribution in [1.82, 2.24) is 14.3 Å². The molecule has 0 N–H and O–H groups in total. The van der Waals surface area contributed by atoms with Gasteiger partial charge in [0.2, 0.25) is 0 Å². The van der Waals surface area contributed by atoms with Crippen molar-refractivity contribution in [2.75, 3.05) is 0 Å². The van der Waals surface area contributed by atoms with Crippen molar-refractivity contribution >= 4 is 10.9 Å². The van der Waals surface area contributed by atoms with E-state index in [4.69, 9.17) is 5.10 Å². The SMILES string of the molecule is Cc1ccc2c(c1)cc(-n1ccc(C(C)(C)C)n1)n2C. The second-order valence-corrected chi connectivity index (χ2v) is 6.52. The van der Waals surface area contributed by atoms with Gasteiger partial charge in [-0.2, -0.15) is 5.10 Å². The molecule has 0 spiro atoms. The summed E-state index contributed by atoms with van der Waals surface area (Å²) >= 11 is 0. The summed E-state index contributed by atoms with van der Waals surface area (Å²) in [5.41, 5.74) is 3.70. The van der Waals surface area contributed by atoms with Gasteiger partial charge in [-0.05, 0) is 31.2 Å². The van der Waals surface area contributed by atoms with E-state index in [1.54, 1.807) is 0 Å². The van der Waals surface area contributed by atoms with E-state index in [1.807, 2.05) is 10.9 Å². The van der Waals surface area contributed by atoms with Gasteiger partial charge in [0.05, 0.1) is 5.69 Å². The Morgan fingerprint density at radius 1 is 1.05 bits per heavy atom. The van der Waals surface area contributed by atoms with Crippen LogP contribution in [0.1, 0.15) is 32.0 Å². The lowest BCUT2D eigenvalue weighted by molar-refractivity contribution is 0.558. The fourth-order valence-corrected chi connectivity index (χ4v) is 2.53. The van der Waals surface area contributed by atoms with Gasteiger partial charge in [-0.25, -0.2) is 4.68 Å². The predicted octanol–water partition coefficient (Wildman–Crippen LogP) is 3.97. The van der Waals surface area contributed by atoms with E-state index in [0.717, 1.165) is 11.5 Å². The van der Waals surface area contributed by atoms with Crippen LogP contribution in [0.2, 0.25) is 0 Å². The van der Waals surface area contributed by atoms with Crippen LogP contribution < -0.4 is 0 Å². The molecule has 3 heteroatoms. The van der Waals surface area contributed by atoms with Gasteiger partial charge in [-0.15, -0.1) is 0 Å². The van der Waals surface area contributed by atoms with Crippen LogP contribution in [0.3, 0.4) is 0 Å². The quantitative estimate of drug-likeness (QED) is 0.654. The second-order valence-electron chi connectivity index (χ2n) is 6.52. The van der Waals surface area contributed by atoms with E-state index in [-0.39, 0.29) is 5.41 Å². The molecule has 0 aliphatic carbocycles. The van der Waals surface area contributed by atoms with E-state index in [0.29, 0.717) is 0 Å². The molecular formula is C17H21N3. The lowest BCUT2D eigenvalue weighted by Crippen LogP contribution is -2.13. The van der Waals surface area contributed by atoms with Crippen molar-refractivity contribution in [2.45, 2.75) is 33.1 Å². The number of aryl methyl sites for hydroxylation is 2. The van der Waals surface area contributed by atoms with Gasteiger partial charge in [0.1, 0.15) is 5.82 Å². The predicted molar refractivity (Wildman–Crippen MR) is 83.5 cm³/mol. The van der Waals surface area contributed by atoms with Crippen LogP contribution in [0.4, 0.5) is 0 Å². The molecule has 104 valence electrons. The summed E-state index contributed by atoms with van der Waals surface area (Å²) in [5, 5.41) is 5.99. The number of benzene rings is 1. The molecule has 3 nitrogen and oxygen atoms in total. The van der Waals surface area contributed by atoms with E-state index >= 15 is 0 Å². The van der Waals surface area contributed by atoms with Crippen LogP contribution in [0, 0.1) is 6.92 Å². The van der Waals surface area contributed by atoms with Crippen molar-refractivity contribution in [3.8, 4) is 5.82 Å². The molecule has 3 rings (SSSR count). The first-order chi connectivity index (χ1) is 9.36. The molecule has 3 aromatic rings. The molecule has 0 amide bonds. The van der Waals surface area contributed by atoms with Crippen molar-refractivity contribution in [1.29, 1.82) is 0 Å². The molecule has 2 heterocycles. The molecule has 1 aromatic carbocycles. The monoisotopic (exact) mass is 267 g/mol. The van der Waals surface area contributed by atoms with Crippen LogP contribution >= 0.6 is 0 Å². The van der Waals surface area contributed by atoms with Gasteiger partial charge in [-0.3, -0.25) is 0 Å². The first-order valence-electron chi connectivity index (χ1n) is 6.99. The van der Waals surface area contributed by atoms with Crippen LogP contribution in [0.15, 0.2) is 36.5 Å². The fourth-order valence-electron chi connectivity index (χ4n) is 2.53. The summed E-state index contributed by atoms with van der Waals surface area (Å²) in [6, 6.07) is 10.8. The van der Waals surface area contributed by atoms with Crippen LogP contribution in [0.25, 0.3) is 16.7 Å². The minimum atomic E-state index is 0.0758. The Balaban J connectivity index is 2.15. The number of hydrogen-bond acceptors (Lipinski definition) is 1. The minimum absolute atomic E-state index is 0.0758.